The largest absolute Gasteiger partial charge is 0.405 e. The fourth-order valence-electron chi connectivity index (χ4n) is 6.87. The second kappa shape index (κ2) is 7.60. The van der Waals surface area contributed by atoms with Gasteiger partial charge in [0.15, 0.2) is 5.54 Å². The molecule has 190 valence electrons. The van der Waals surface area contributed by atoms with Gasteiger partial charge in [-0.25, -0.2) is 4.99 Å². The third-order valence-corrected chi connectivity index (χ3v) is 8.33. The van der Waals surface area contributed by atoms with Gasteiger partial charge in [0.2, 0.25) is 11.6 Å². The zero-order chi connectivity index (χ0) is 25.5. The Bertz CT molecular complexity index is 993. The molecule has 3 aliphatic rings. The van der Waals surface area contributed by atoms with Gasteiger partial charge in [0.05, 0.1) is 6.10 Å². The first-order valence-electron chi connectivity index (χ1n) is 11.6. The average molecular weight is 481 g/mol. The molecule has 8 N–H and O–H groups in total. The number of ether oxygens (including phenoxy) is 2. The number of methoxy groups -OCH3 is 1. The van der Waals surface area contributed by atoms with Crippen LogP contribution in [0.2, 0.25) is 0 Å². The first kappa shape index (κ1) is 25.3. The van der Waals surface area contributed by atoms with Crippen molar-refractivity contribution in [3.05, 3.63) is 34.9 Å². The smallest absolute Gasteiger partial charge is 0.356 e. The van der Waals surface area contributed by atoms with Gasteiger partial charge in [-0.2, -0.15) is 0 Å². The predicted molar refractivity (Wildman–Crippen MR) is 121 cm³/mol. The molecule has 10 heteroatoms. The predicted octanol–water partition coefficient (Wildman–Crippen LogP) is -0.0370. The van der Waals surface area contributed by atoms with Gasteiger partial charge in [0, 0.05) is 24.0 Å². The Morgan fingerprint density at radius 2 is 1.71 bits per heavy atom. The van der Waals surface area contributed by atoms with Crippen LogP contribution in [0.15, 0.2) is 23.2 Å². The normalized spacial score (nSPS) is 35.1. The molecule has 1 fully saturated rings. The molecule has 1 aliphatic heterocycles. The van der Waals surface area contributed by atoms with Crippen LogP contribution in [0, 0.1) is 23.2 Å². The van der Waals surface area contributed by atoms with Crippen LogP contribution in [0.3, 0.4) is 0 Å². The van der Waals surface area contributed by atoms with Crippen molar-refractivity contribution in [2.24, 2.45) is 33.9 Å². The maximum absolute atomic E-state index is 11.2. The number of aliphatic hydroxyl groups is 6. The van der Waals surface area contributed by atoms with E-state index in [1.807, 2.05) is 13.8 Å². The summed E-state index contributed by atoms with van der Waals surface area (Å²) in [6, 6.07) is 3.95. The Labute approximate surface area is 198 Å². The lowest BCUT2D eigenvalue weighted by atomic mass is 9.56. The van der Waals surface area contributed by atoms with Crippen LogP contribution in [0.4, 0.5) is 0 Å². The summed E-state index contributed by atoms with van der Waals surface area (Å²) in [5, 5.41) is 64.9. The van der Waals surface area contributed by atoms with E-state index in [0.29, 0.717) is 24.8 Å². The summed E-state index contributed by atoms with van der Waals surface area (Å²) < 4.78 is 10.9. The van der Waals surface area contributed by atoms with E-state index in [1.165, 1.54) is 26.0 Å². The van der Waals surface area contributed by atoms with E-state index in [0.717, 1.165) is 0 Å². The molecule has 4 rings (SSSR count). The first-order chi connectivity index (χ1) is 15.6. The lowest BCUT2D eigenvalue weighted by molar-refractivity contribution is -0.382. The van der Waals surface area contributed by atoms with Crippen molar-refractivity contribution >= 4 is 6.02 Å². The van der Waals surface area contributed by atoms with Crippen molar-refractivity contribution in [1.29, 1.82) is 0 Å². The number of rotatable bonds is 4. The topological polar surface area (TPSA) is 178 Å². The second-order valence-electron chi connectivity index (χ2n) is 10.8. The fourth-order valence-corrected chi connectivity index (χ4v) is 6.87. The van der Waals surface area contributed by atoms with Crippen molar-refractivity contribution in [2.45, 2.75) is 76.1 Å². The maximum atomic E-state index is 11.2. The highest BCUT2D eigenvalue weighted by Gasteiger charge is 2.74. The third-order valence-electron chi connectivity index (χ3n) is 8.33. The molecule has 2 aliphatic carbocycles. The summed E-state index contributed by atoms with van der Waals surface area (Å²) in [5.41, 5.74) is 4.04. The number of aliphatic imine (C=N–C) groups is 1. The molecule has 34 heavy (non-hydrogen) atoms. The van der Waals surface area contributed by atoms with Crippen LogP contribution in [0.25, 0.3) is 0 Å². The minimum absolute atomic E-state index is 0.0321. The molecule has 1 aromatic carbocycles. The number of nitrogens with two attached hydrogens (primary N) is 1. The van der Waals surface area contributed by atoms with Crippen LogP contribution in [-0.2, 0) is 27.2 Å². The molecule has 0 saturated heterocycles. The summed E-state index contributed by atoms with van der Waals surface area (Å²) in [7, 11) is 1.66. The number of nitrogens with zero attached hydrogens (tertiary/aromatic N) is 1. The Morgan fingerprint density at radius 3 is 2.18 bits per heavy atom. The first-order valence-corrected chi connectivity index (χ1v) is 11.6. The minimum Gasteiger partial charge on any atom is -0.405 e. The molecule has 3 unspecified atom stereocenters. The van der Waals surface area contributed by atoms with E-state index in [2.05, 4.69) is 4.99 Å². The van der Waals surface area contributed by atoms with Gasteiger partial charge in [-0.15, -0.1) is 0 Å². The van der Waals surface area contributed by atoms with Crippen molar-refractivity contribution in [2.75, 3.05) is 7.11 Å². The van der Waals surface area contributed by atoms with Crippen molar-refractivity contribution in [1.82, 2.24) is 0 Å². The molecule has 5 atom stereocenters. The molecule has 10 nitrogen and oxygen atoms in total. The van der Waals surface area contributed by atoms with Crippen LogP contribution in [0.5, 0.6) is 0 Å². The molecule has 0 aromatic heterocycles. The van der Waals surface area contributed by atoms with Crippen molar-refractivity contribution in [3.8, 4) is 0 Å². The molecule has 1 saturated carbocycles. The highest BCUT2D eigenvalue weighted by Crippen LogP contribution is 2.66. The van der Waals surface area contributed by atoms with E-state index in [9.17, 15) is 30.6 Å². The zero-order valence-corrected chi connectivity index (χ0v) is 20.2. The average Bonchev–Trinajstić information content (AvgIpc) is 3.11. The fraction of sp³-hybridized carbons (Fsp3) is 0.708. The van der Waals surface area contributed by atoms with Gasteiger partial charge in [-0.1, -0.05) is 39.8 Å². The number of fused-ring (bicyclic) bond motifs is 3. The minimum atomic E-state index is -3.05. The highest BCUT2D eigenvalue weighted by molar-refractivity contribution is 5.76. The number of hydrogen-bond acceptors (Lipinski definition) is 10. The Balaban J connectivity index is 1.93. The summed E-state index contributed by atoms with van der Waals surface area (Å²) in [5.74, 6) is -9.57. The molecule has 1 heterocycles. The molecule has 0 radical (unpaired) electrons. The molecule has 2 spiro atoms. The molecular formula is C24H36N2O8. The summed E-state index contributed by atoms with van der Waals surface area (Å²) in [6.45, 7) is 6.94. The van der Waals surface area contributed by atoms with E-state index >= 15 is 0 Å². The Kier molecular flexibility index (Phi) is 5.66. The lowest BCUT2D eigenvalue weighted by Gasteiger charge is -2.52. The number of benzene rings is 1. The van der Waals surface area contributed by atoms with Gasteiger partial charge in [0.25, 0.3) is 6.02 Å². The van der Waals surface area contributed by atoms with E-state index < -0.39 is 40.4 Å². The van der Waals surface area contributed by atoms with Gasteiger partial charge >= 0.3 is 5.97 Å². The molecule has 0 bridgehead atoms. The van der Waals surface area contributed by atoms with Crippen LogP contribution in [0.1, 0.15) is 57.2 Å². The van der Waals surface area contributed by atoms with Gasteiger partial charge < -0.3 is 45.8 Å². The highest BCUT2D eigenvalue weighted by atomic mass is 16.8. The standard InChI is InChI=1S/C24H36N2O8/c1-12(2)22(27,28)23(29,30)16-7-6-15-11-20(9-13(3)18(33-5)14(4)10-20)21(17(15)8-16)24(31,32)34-19(25)26-21/h6-8,12-14,18,27-32H,9-11H2,1-5H3,(H2,25,26)/t13-,14+,18?,20?,21?. The van der Waals surface area contributed by atoms with E-state index in [4.69, 9.17) is 15.2 Å². The van der Waals surface area contributed by atoms with Gasteiger partial charge in [-0.3, -0.25) is 0 Å². The molecular weight excluding hydrogens is 444 g/mol. The Hall–Kier alpha value is -1.79. The molecule has 0 amide bonds. The zero-order valence-electron chi connectivity index (χ0n) is 20.2. The third kappa shape index (κ3) is 3.10. The maximum Gasteiger partial charge on any atom is 0.356 e. The van der Waals surface area contributed by atoms with E-state index in [1.54, 1.807) is 13.2 Å². The summed E-state index contributed by atoms with van der Waals surface area (Å²) in [4.78, 5) is 4.47. The van der Waals surface area contributed by atoms with Gasteiger partial charge in [0.1, 0.15) is 0 Å². The Morgan fingerprint density at radius 1 is 1.12 bits per heavy atom. The van der Waals surface area contributed by atoms with Gasteiger partial charge in [-0.05, 0) is 48.3 Å². The van der Waals surface area contributed by atoms with E-state index in [-0.39, 0.29) is 29.1 Å². The van der Waals surface area contributed by atoms with Crippen molar-refractivity contribution in [3.63, 3.8) is 0 Å². The summed E-state index contributed by atoms with van der Waals surface area (Å²) >= 11 is 0. The van der Waals surface area contributed by atoms with Crippen molar-refractivity contribution < 1.29 is 40.1 Å². The quantitative estimate of drug-likeness (QED) is 0.291. The van der Waals surface area contributed by atoms with Crippen LogP contribution >= 0.6 is 0 Å². The van der Waals surface area contributed by atoms with Crippen LogP contribution in [-0.4, -0.2) is 61.6 Å². The lowest BCUT2D eigenvalue weighted by Crippen LogP contribution is -2.60. The monoisotopic (exact) mass is 480 g/mol. The van der Waals surface area contributed by atoms with Crippen LogP contribution < -0.4 is 5.73 Å². The number of hydrogen-bond donors (Lipinski definition) is 7. The second-order valence-corrected chi connectivity index (χ2v) is 10.8. The molecule has 1 aromatic rings. The SMILES string of the molecule is COC1[C@H](C)CC2(Cc3ccc(C(O)(O)C(O)(O)C(C)C)cc3C23N=C(N)OC3(O)O)C[C@@H]1C. The number of amidine groups is 1. The summed E-state index contributed by atoms with van der Waals surface area (Å²) in [6.07, 6.45) is 1.41.